The molecule has 4 rings (SSSR count). The number of azo groups is 1. The molecule has 1 aromatic carbocycles. The Morgan fingerprint density at radius 2 is 1.92 bits per heavy atom. The largest absolute Gasteiger partial charge is 0.283 e. The average molecular weight is 332 g/mol. The van der Waals surface area contributed by atoms with E-state index in [-0.39, 0.29) is 0 Å². The molecule has 0 spiro atoms. The predicted octanol–water partition coefficient (Wildman–Crippen LogP) is 6.10. The van der Waals surface area contributed by atoms with E-state index in [2.05, 4.69) is 42.3 Å². The summed E-state index contributed by atoms with van der Waals surface area (Å²) in [5, 5.41) is 11.1. The van der Waals surface area contributed by atoms with Crippen LogP contribution in [0, 0.1) is 13.8 Å². The monoisotopic (exact) mass is 332 g/mol. The zero-order valence-corrected chi connectivity index (χ0v) is 14.3. The number of hydrogen-bond acceptors (Lipinski definition) is 4. The lowest BCUT2D eigenvalue weighted by molar-refractivity contribution is 1.10. The van der Waals surface area contributed by atoms with E-state index in [0.717, 1.165) is 33.3 Å². The van der Waals surface area contributed by atoms with Crippen LogP contribution in [-0.2, 0) is 0 Å². The first-order chi connectivity index (χ1) is 11.7. The maximum Gasteiger partial charge on any atom is 0.188 e. The van der Waals surface area contributed by atoms with Gasteiger partial charge in [-0.3, -0.25) is 4.40 Å². The topological polar surface area (TPSA) is 42.0 Å². The van der Waals surface area contributed by atoms with Crippen LogP contribution in [0.25, 0.3) is 16.2 Å². The molecule has 4 nitrogen and oxygen atoms in total. The van der Waals surface area contributed by atoms with Gasteiger partial charge in [0.25, 0.3) is 0 Å². The van der Waals surface area contributed by atoms with E-state index < -0.39 is 0 Å². The molecule has 0 bridgehead atoms. The number of rotatable bonds is 3. The molecule has 0 saturated carbocycles. The molecule has 3 heterocycles. The third-order valence-electron chi connectivity index (χ3n) is 3.86. The molecule has 4 aromatic rings. The molecule has 0 unspecified atom stereocenters. The number of aryl methyl sites for hydroxylation is 2. The third kappa shape index (κ3) is 2.63. The van der Waals surface area contributed by atoms with E-state index in [1.807, 2.05) is 46.3 Å². The Morgan fingerprint density at radius 3 is 2.71 bits per heavy atom. The Bertz CT molecular complexity index is 1030. The van der Waals surface area contributed by atoms with Crippen molar-refractivity contribution >= 4 is 28.5 Å². The van der Waals surface area contributed by atoms with Gasteiger partial charge in [0.15, 0.2) is 5.82 Å². The van der Waals surface area contributed by atoms with Crippen LogP contribution in [-0.4, -0.2) is 9.38 Å². The van der Waals surface area contributed by atoms with Crippen molar-refractivity contribution in [3.63, 3.8) is 0 Å². The molecule has 0 radical (unpaired) electrons. The van der Waals surface area contributed by atoms with Gasteiger partial charge in [-0.05, 0) is 49.1 Å². The highest BCUT2D eigenvalue weighted by Crippen LogP contribution is 2.35. The Labute approximate surface area is 144 Å². The van der Waals surface area contributed by atoms with Gasteiger partial charge in [-0.1, -0.05) is 29.8 Å². The Morgan fingerprint density at radius 1 is 1.00 bits per heavy atom. The van der Waals surface area contributed by atoms with E-state index in [1.54, 1.807) is 11.3 Å². The number of nitrogens with zero attached hydrogens (tertiary/aromatic N) is 4. The van der Waals surface area contributed by atoms with Crippen molar-refractivity contribution in [2.24, 2.45) is 10.2 Å². The SMILES string of the molecule is Cc1ccc(N=Nc2c(-c3cccs3)nc3ccccn23)c(C)c1. The molecule has 0 atom stereocenters. The first-order valence-corrected chi connectivity index (χ1v) is 8.60. The zero-order chi connectivity index (χ0) is 16.5. The van der Waals surface area contributed by atoms with Crippen molar-refractivity contribution in [1.29, 1.82) is 0 Å². The van der Waals surface area contributed by atoms with Gasteiger partial charge in [-0.2, -0.15) is 0 Å². The highest BCUT2D eigenvalue weighted by atomic mass is 32.1. The van der Waals surface area contributed by atoms with Gasteiger partial charge in [0.05, 0.1) is 10.6 Å². The van der Waals surface area contributed by atoms with Crippen molar-refractivity contribution < 1.29 is 0 Å². The molecule has 5 heteroatoms. The molecule has 0 aliphatic carbocycles. The molecule has 24 heavy (non-hydrogen) atoms. The van der Waals surface area contributed by atoms with Crippen LogP contribution >= 0.6 is 11.3 Å². The fraction of sp³-hybridized carbons (Fsp3) is 0.105. The molecule has 118 valence electrons. The molecule has 0 fully saturated rings. The second-order valence-electron chi connectivity index (χ2n) is 5.68. The van der Waals surface area contributed by atoms with E-state index >= 15 is 0 Å². The summed E-state index contributed by atoms with van der Waals surface area (Å²) in [5.41, 5.74) is 4.95. The standard InChI is InChI=1S/C19H16N4S/c1-13-8-9-15(14(2)12-13)21-22-19-18(16-6-5-11-24-16)20-17-7-3-4-10-23(17)19/h3-12H,1-2H3. The van der Waals surface area contributed by atoms with Gasteiger partial charge >= 0.3 is 0 Å². The smallest absolute Gasteiger partial charge is 0.188 e. The lowest BCUT2D eigenvalue weighted by Crippen LogP contribution is -1.81. The van der Waals surface area contributed by atoms with Crippen LogP contribution in [0.3, 0.4) is 0 Å². The fourth-order valence-corrected chi connectivity index (χ4v) is 3.39. The highest BCUT2D eigenvalue weighted by Gasteiger charge is 2.14. The first-order valence-electron chi connectivity index (χ1n) is 7.72. The summed E-state index contributed by atoms with van der Waals surface area (Å²) in [6.07, 6.45) is 1.97. The fourth-order valence-electron chi connectivity index (χ4n) is 2.68. The lowest BCUT2D eigenvalue weighted by Gasteiger charge is -2.01. The normalized spacial score (nSPS) is 11.6. The molecule has 0 saturated heterocycles. The van der Waals surface area contributed by atoms with Crippen LogP contribution in [0.5, 0.6) is 0 Å². The average Bonchev–Trinajstić information content (AvgIpc) is 3.21. The van der Waals surface area contributed by atoms with Crippen LogP contribution in [0.2, 0.25) is 0 Å². The highest BCUT2D eigenvalue weighted by molar-refractivity contribution is 7.13. The van der Waals surface area contributed by atoms with E-state index in [1.165, 1.54) is 5.56 Å². The van der Waals surface area contributed by atoms with Crippen molar-refractivity contribution in [2.45, 2.75) is 13.8 Å². The maximum atomic E-state index is 4.72. The molecular weight excluding hydrogens is 316 g/mol. The van der Waals surface area contributed by atoms with E-state index in [9.17, 15) is 0 Å². The molecule has 0 amide bonds. The number of benzene rings is 1. The van der Waals surface area contributed by atoms with Crippen molar-refractivity contribution in [3.05, 3.63) is 71.2 Å². The van der Waals surface area contributed by atoms with E-state index in [0.29, 0.717) is 0 Å². The third-order valence-corrected chi connectivity index (χ3v) is 4.74. The Kier molecular flexibility index (Phi) is 3.70. The number of imidazole rings is 1. The molecule has 0 N–H and O–H groups in total. The van der Waals surface area contributed by atoms with Gasteiger partial charge in [-0.15, -0.1) is 21.6 Å². The first kappa shape index (κ1) is 14.8. The number of aromatic nitrogens is 2. The van der Waals surface area contributed by atoms with Crippen LogP contribution in [0.4, 0.5) is 11.5 Å². The van der Waals surface area contributed by atoms with E-state index in [4.69, 9.17) is 4.98 Å². The predicted molar refractivity (Wildman–Crippen MR) is 98.6 cm³/mol. The number of fused-ring (bicyclic) bond motifs is 1. The van der Waals surface area contributed by atoms with Crippen molar-refractivity contribution in [1.82, 2.24) is 9.38 Å². The second kappa shape index (κ2) is 6.02. The minimum Gasteiger partial charge on any atom is -0.283 e. The van der Waals surface area contributed by atoms with Gasteiger partial charge < -0.3 is 0 Å². The number of hydrogen-bond donors (Lipinski definition) is 0. The Balaban J connectivity index is 1.86. The second-order valence-corrected chi connectivity index (χ2v) is 6.63. The minimum atomic E-state index is 0.757. The molecular formula is C19H16N4S. The van der Waals surface area contributed by atoms with Crippen LogP contribution in [0.1, 0.15) is 11.1 Å². The molecule has 0 aliphatic heterocycles. The van der Waals surface area contributed by atoms with Gasteiger partial charge in [0.2, 0.25) is 0 Å². The summed E-state index contributed by atoms with van der Waals surface area (Å²) < 4.78 is 1.97. The summed E-state index contributed by atoms with van der Waals surface area (Å²) in [4.78, 5) is 5.81. The van der Waals surface area contributed by atoms with Gasteiger partial charge in [0, 0.05) is 6.20 Å². The Hall–Kier alpha value is -2.79. The number of pyridine rings is 1. The lowest BCUT2D eigenvalue weighted by atomic mass is 10.1. The van der Waals surface area contributed by atoms with Crippen molar-refractivity contribution in [2.75, 3.05) is 0 Å². The van der Waals surface area contributed by atoms with Gasteiger partial charge in [0.1, 0.15) is 11.3 Å². The summed E-state index contributed by atoms with van der Waals surface area (Å²) in [6.45, 7) is 4.13. The summed E-state index contributed by atoms with van der Waals surface area (Å²) in [6, 6.07) is 16.2. The zero-order valence-electron chi connectivity index (χ0n) is 13.5. The molecule has 0 aliphatic rings. The number of thiophene rings is 1. The van der Waals surface area contributed by atoms with Crippen molar-refractivity contribution in [3.8, 4) is 10.6 Å². The summed E-state index contributed by atoms with van der Waals surface area (Å²) in [7, 11) is 0. The van der Waals surface area contributed by atoms with Crippen LogP contribution in [0.15, 0.2) is 70.3 Å². The quantitative estimate of drug-likeness (QED) is 0.418. The van der Waals surface area contributed by atoms with Gasteiger partial charge in [-0.25, -0.2) is 4.98 Å². The maximum absolute atomic E-state index is 4.72. The summed E-state index contributed by atoms with van der Waals surface area (Å²) in [5.74, 6) is 0.757. The minimum absolute atomic E-state index is 0.757. The van der Waals surface area contributed by atoms with Crippen LogP contribution < -0.4 is 0 Å². The summed E-state index contributed by atoms with van der Waals surface area (Å²) >= 11 is 1.65. The molecule has 3 aromatic heterocycles.